The van der Waals surface area contributed by atoms with E-state index in [9.17, 15) is 13.2 Å². The number of benzene rings is 1. The quantitative estimate of drug-likeness (QED) is 0.773. The molecule has 0 atom stereocenters. The molecule has 1 amide bonds. The van der Waals surface area contributed by atoms with Gasteiger partial charge in [-0.3, -0.25) is 14.6 Å². The lowest BCUT2D eigenvalue weighted by Crippen LogP contribution is -2.22. The standard InChI is InChI=1S/C13H16N4O3S/c1-3-14-13(18)10-5-4-6-11(7-10)17-21(19,20)12-8-15-16-9(12)2/h4-8,17H,3H2,1-2H3,(H,14,18)(H,15,16). The number of anilines is 1. The first kappa shape index (κ1) is 15.0. The van der Waals surface area contributed by atoms with Gasteiger partial charge >= 0.3 is 0 Å². The van der Waals surface area contributed by atoms with Crippen molar-refractivity contribution in [3.8, 4) is 0 Å². The molecular weight excluding hydrogens is 292 g/mol. The summed E-state index contributed by atoms with van der Waals surface area (Å²) >= 11 is 0. The maximum absolute atomic E-state index is 12.2. The number of carbonyl (C=O) groups is 1. The van der Waals surface area contributed by atoms with Crippen molar-refractivity contribution in [2.75, 3.05) is 11.3 Å². The minimum absolute atomic E-state index is 0.0749. The van der Waals surface area contributed by atoms with E-state index < -0.39 is 10.0 Å². The highest BCUT2D eigenvalue weighted by Gasteiger charge is 2.19. The smallest absolute Gasteiger partial charge is 0.265 e. The molecule has 1 heterocycles. The Balaban J connectivity index is 2.26. The Kier molecular flexibility index (Phi) is 4.27. The number of sulfonamides is 1. The molecule has 1 aromatic carbocycles. The number of aromatic amines is 1. The fourth-order valence-corrected chi connectivity index (χ4v) is 2.99. The van der Waals surface area contributed by atoms with E-state index in [4.69, 9.17) is 0 Å². The van der Waals surface area contributed by atoms with Crippen LogP contribution in [-0.2, 0) is 10.0 Å². The van der Waals surface area contributed by atoms with Crippen LogP contribution in [-0.4, -0.2) is 31.1 Å². The molecule has 21 heavy (non-hydrogen) atoms. The summed E-state index contributed by atoms with van der Waals surface area (Å²) in [7, 11) is -3.73. The van der Waals surface area contributed by atoms with Crippen LogP contribution in [0.2, 0.25) is 0 Å². The SMILES string of the molecule is CCNC(=O)c1cccc(NS(=O)(=O)c2cn[nH]c2C)c1. The molecule has 0 aliphatic rings. The highest BCUT2D eigenvalue weighted by atomic mass is 32.2. The Bertz CT molecular complexity index is 752. The van der Waals surface area contributed by atoms with Crippen LogP contribution in [0.5, 0.6) is 0 Å². The molecule has 2 rings (SSSR count). The van der Waals surface area contributed by atoms with Gasteiger partial charge < -0.3 is 5.32 Å². The van der Waals surface area contributed by atoms with Crippen molar-refractivity contribution in [1.82, 2.24) is 15.5 Å². The van der Waals surface area contributed by atoms with Gasteiger partial charge in [0.2, 0.25) is 0 Å². The van der Waals surface area contributed by atoms with Crippen LogP contribution >= 0.6 is 0 Å². The van der Waals surface area contributed by atoms with E-state index in [2.05, 4.69) is 20.2 Å². The predicted octanol–water partition coefficient (Wildman–Crippen LogP) is 1.27. The molecule has 0 spiro atoms. The Morgan fingerprint density at radius 1 is 1.38 bits per heavy atom. The second-order valence-electron chi connectivity index (χ2n) is 4.41. The van der Waals surface area contributed by atoms with Crippen molar-refractivity contribution in [2.45, 2.75) is 18.7 Å². The molecule has 0 saturated heterocycles. The molecule has 2 aromatic rings. The van der Waals surface area contributed by atoms with Gasteiger partial charge in [0, 0.05) is 17.8 Å². The van der Waals surface area contributed by atoms with Crippen LogP contribution in [0.15, 0.2) is 35.4 Å². The van der Waals surface area contributed by atoms with Gasteiger partial charge in [0.05, 0.1) is 11.9 Å². The van der Waals surface area contributed by atoms with E-state index in [1.54, 1.807) is 25.1 Å². The summed E-state index contributed by atoms with van der Waals surface area (Å²) in [6.07, 6.45) is 1.24. The summed E-state index contributed by atoms with van der Waals surface area (Å²) in [5, 5.41) is 8.92. The van der Waals surface area contributed by atoms with Crippen molar-refractivity contribution in [1.29, 1.82) is 0 Å². The lowest BCUT2D eigenvalue weighted by Gasteiger charge is -2.09. The van der Waals surface area contributed by atoms with Crippen LogP contribution < -0.4 is 10.0 Å². The molecule has 8 heteroatoms. The second kappa shape index (κ2) is 5.96. The zero-order chi connectivity index (χ0) is 15.5. The van der Waals surface area contributed by atoms with E-state index in [0.29, 0.717) is 23.5 Å². The van der Waals surface area contributed by atoms with Gasteiger partial charge in [0.15, 0.2) is 0 Å². The number of aromatic nitrogens is 2. The first-order valence-corrected chi connectivity index (χ1v) is 7.83. The van der Waals surface area contributed by atoms with Gasteiger partial charge in [-0.05, 0) is 32.0 Å². The number of aryl methyl sites for hydroxylation is 1. The van der Waals surface area contributed by atoms with Crippen molar-refractivity contribution >= 4 is 21.6 Å². The summed E-state index contributed by atoms with van der Waals surface area (Å²) in [6.45, 7) is 3.93. The van der Waals surface area contributed by atoms with Gasteiger partial charge in [-0.15, -0.1) is 0 Å². The van der Waals surface area contributed by atoms with Crippen LogP contribution in [0.3, 0.4) is 0 Å². The Hall–Kier alpha value is -2.35. The lowest BCUT2D eigenvalue weighted by molar-refractivity contribution is 0.0956. The van der Waals surface area contributed by atoms with Crippen LogP contribution in [0, 0.1) is 6.92 Å². The third kappa shape index (κ3) is 3.40. The normalized spacial score (nSPS) is 11.1. The molecule has 0 aliphatic heterocycles. The number of nitrogens with one attached hydrogen (secondary N) is 3. The minimum Gasteiger partial charge on any atom is -0.352 e. The lowest BCUT2D eigenvalue weighted by atomic mass is 10.2. The average molecular weight is 308 g/mol. The summed E-state index contributed by atoms with van der Waals surface area (Å²) in [6, 6.07) is 6.30. The number of amides is 1. The Morgan fingerprint density at radius 2 is 2.14 bits per heavy atom. The average Bonchev–Trinajstić information content (AvgIpc) is 2.86. The van der Waals surface area contributed by atoms with Crippen LogP contribution in [0.25, 0.3) is 0 Å². The minimum atomic E-state index is -3.73. The fourth-order valence-electron chi connectivity index (χ4n) is 1.81. The zero-order valence-electron chi connectivity index (χ0n) is 11.7. The molecule has 0 fully saturated rings. The first-order chi connectivity index (χ1) is 9.94. The van der Waals surface area contributed by atoms with Crippen molar-refractivity contribution in [3.63, 3.8) is 0 Å². The largest absolute Gasteiger partial charge is 0.352 e. The van der Waals surface area contributed by atoms with Gasteiger partial charge in [-0.2, -0.15) is 5.10 Å². The summed E-state index contributed by atoms with van der Waals surface area (Å²) in [5.41, 5.74) is 1.16. The monoisotopic (exact) mass is 308 g/mol. The molecule has 0 saturated carbocycles. The third-order valence-corrected chi connectivity index (χ3v) is 4.28. The second-order valence-corrected chi connectivity index (χ2v) is 6.06. The Labute approximate surface area is 122 Å². The molecule has 112 valence electrons. The number of H-pyrrole nitrogens is 1. The van der Waals surface area contributed by atoms with Gasteiger partial charge in [0.1, 0.15) is 4.90 Å². The van der Waals surface area contributed by atoms with E-state index in [-0.39, 0.29) is 10.8 Å². The highest BCUT2D eigenvalue weighted by molar-refractivity contribution is 7.92. The Morgan fingerprint density at radius 3 is 2.76 bits per heavy atom. The number of hydrogen-bond donors (Lipinski definition) is 3. The molecule has 3 N–H and O–H groups in total. The third-order valence-electron chi connectivity index (χ3n) is 2.79. The molecule has 0 bridgehead atoms. The van der Waals surface area contributed by atoms with E-state index >= 15 is 0 Å². The molecule has 7 nitrogen and oxygen atoms in total. The van der Waals surface area contributed by atoms with Gasteiger partial charge in [0.25, 0.3) is 15.9 Å². The predicted molar refractivity (Wildman–Crippen MR) is 78.6 cm³/mol. The number of rotatable bonds is 5. The molecule has 0 unspecified atom stereocenters. The fraction of sp³-hybridized carbons (Fsp3) is 0.231. The summed E-state index contributed by atoms with van der Waals surface area (Å²) < 4.78 is 26.9. The maximum atomic E-state index is 12.2. The highest BCUT2D eigenvalue weighted by Crippen LogP contribution is 2.18. The van der Waals surface area contributed by atoms with Crippen LogP contribution in [0.1, 0.15) is 23.0 Å². The van der Waals surface area contributed by atoms with E-state index in [0.717, 1.165) is 0 Å². The van der Waals surface area contributed by atoms with Crippen LogP contribution in [0.4, 0.5) is 5.69 Å². The molecular formula is C13H16N4O3S. The zero-order valence-corrected chi connectivity index (χ0v) is 12.5. The maximum Gasteiger partial charge on any atom is 0.265 e. The van der Waals surface area contributed by atoms with Crippen molar-refractivity contribution in [3.05, 3.63) is 41.7 Å². The first-order valence-electron chi connectivity index (χ1n) is 6.35. The molecule has 1 aromatic heterocycles. The summed E-state index contributed by atoms with van der Waals surface area (Å²) in [4.78, 5) is 11.8. The topological polar surface area (TPSA) is 104 Å². The van der Waals surface area contributed by atoms with Crippen molar-refractivity contribution in [2.24, 2.45) is 0 Å². The van der Waals surface area contributed by atoms with E-state index in [1.807, 2.05) is 6.92 Å². The van der Waals surface area contributed by atoms with Crippen molar-refractivity contribution < 1.29 is 13.2 Å². The summed E-state index contributed by atoms with van der Waals surface area (Å²) in [5.74, 6) is -0.252. The van der Waals surface area contributed by atoms with E-state index in [1.165, 1.54) is 12.3 Å². The molecule has 0 radical (unpaired) electrons. The number of carbonyl (C=O) groups excluding carboxylic acids is 1. The van der Waals surface area contributed by atoms with Gasteiger partial charge in [-0.1, -0.05) is 6.07 Å². The van der Waals surface area contributed by atoms with Gasteiger partial charge in [-0.25, -0.2) is 8.42 Å². The number of hydrogen-bond acceptors (Lipinski definition) is 4. The molecule has 0 aliphatic carbocycles. The number of nitrogens with zero attached hydrogens (tertiary/aromatic N) is 1.